The third-order valence-corrected chi connectivity index (χ3v) is 5.59. The van der Waals surface area contributed by atoms with Gasteiger partial charge in [0.05, 0.1) is 6.54 Å². The summed E-state index contributed by atoms with van der Waals surface area (Å²) in [6, 6.07) is 15.8. The fraction of sp³-hybridized carbons (Fsp3) is 0.211. The van der Waals surface area contributed by atoms with Crippen molar-refractivity contribution >= 4 is 28.6 Å². The minimum Gasteiger partial charge on any atom is -0.383 e. The van der Waals surface area contributed by atoms with E-state index in [1.54, 1.807) is 11.3 Å². The van der Waals surface area contributed by atoms with Crippen LogP contribution in [0, 0.1) is 0 Å². The number of aryl methyl sites for hydroxylation is 1. The molecule has 0 saturated heterocycles. The van der Waals surface area contributed by atoms with Crippen molar-refractivity contribution in [3.63, 3.8) is 0 Å². The van der Waals surface area contributed by atoms with Crippen LogP contribution >= 0.6 is 22.7 Å². The normalized spacial score (nSPS) is 12.0. The van der Waals surface area contributed by atoms with Gasteiger partial charge < -0.3 is 10.4 Å². The van der Waals surface area contributed by atoms with E-state index in [-0.39, 0.29) is 5.91 Å². The van der Waals surface area contributed by atoms with Crippen molar-refractivity contribution in [2.45, 2.75) is 25.5 Å². The van der Waals surface area contributed by atoms with Crippen LogP contribution in [0.15, 0.2) is 59.3 Å². The molecule has 0 radical (unpaired) electrons. The number of hydrogen-bond donors (Lipinski definition) is 2. The lowest BCUT2D eigenvalue weighted by Crippen LogP contribution is -2.22. The summed E-state index contributed by atoms with van der Waals surface area (Å²) in [6.45, 7) is 0.509. The molecule has 0 bridgehead atoms. The molecule has 1 amide bonds. The van der Waals surface area contributed by atoms with Crippen molar-refractivity contribution in [1.82, 2.24) is 5.32 Å². The summed E-state index contributed by atoms with van der Waals surface area (Å²) >= 11 is 3.11. The number of carbonyl (C=O) groups excluding carboxylic acids is 1. The zero-order valence-corrected chi connectivity index (χ0v) is 14.8. The van der Waals surface area contributed by atoms with Crippen LogP contribution in [0.1, 0.15) is 33.4 Å². The number of aliphatic hydroxyl groups excluding tert-OH is 1. The Bertz CT molecular complexity index is 766. The first-order chi connectivity index (χ1) is 11.7. The number of carbonyl (C=O) groups is 1. The first-order valence-corrected chi connectivity index (χ1v) is 9.57. The predicted molar refractivity (Wildman–Crippen MR) is 99.3 cm³/mol. The highest BCUT2D eigenvalue weighted by atomic mass is 32.1. The predicted octanol–water partition coefficient (Wildman–Crippen LogP) is 4.14. The monoisotopic (exact) mass is 357 g/mol. The molecule has 124 valence electrons. The summed E-state index contributed by atoms with van der Waals surface area (Å²) in [5.41, 5.74) is 2.09. The van der Waals surface area contributed by atoms with Gasteiger partial charge in [-0.2, -0.15) is 11.3 Å². The summed E-state index contributed by atoms with van der Waals surface area (Å²) < 4.78 is 0. The molecule has 2 N–H and O–H groups in total. The van der Waals surface area contributed by atoms with Gasteiger partial charge in [-0.25, -0.2) is 0 Å². The molecule has 1 atom stereocenters. The first kappa shape index (κ1) is 16.9. The second-order valence-corrected chi connectivity index (χ2v) is 7.51. The van der Waals surface area contributed by atoms with Gasteiger partial charge in [0.25, 0.3) is 0 Å². The van der Waals surface area contributed by atoms with Gasteiger partial charge in [0.2, 0.25) is 5.91 Å². The van der Waals surface area contributed by atoms with Crippen LogP contribution in [-0.4, -0.2) is 11.0 Å². The number of aliphatic hydroxyl groups is 1. The third kappa shape index (κ3) is 4.54. The van der Waals surface area contributed by atoms with Crippen LogP contribution in [0.4, 0.5) is 0 Å². The van der Waals surface area contributed by atoms with E-state index in [1.807, 2.05) is 59.3 Å². The van der Waals surface area contributed by atoms with Crippen LogP contribution in [0.5, 0.6) is 0 Å². The second-order valence-electron chi connectivity index (χ2n) is 5.53. The number of hydrogen-bond acceptors (Lipinski definition) is 4. The van der Waals surface area contributed by atoms with Gasteiger partial charge in [0.1, 0.15) is 6.10 Å². The molecule has 2 aromatic heterocycles. The molecule has 0 aliphatic heterocycles. The molecular weight excluding hydrogens is 338 g/mol. The van der Waals surface area contributed by atoms with Gasteiger partial charge in [-0.15, -0.1) is 11.3 Å². The van der Waals surface area contributed by atoms with Crippen molar-refractivity contribution in [2.75, 3.05) is 0 Å². The molecule has 0 fully saturated rings. The molecule has 3 nitrogen and oxygen atoms in total. The Hall–Kier alpha value is -1.95. The number of amides is 1. The molecule has 3 aromatic rings. The Morgan fingerprint density at radius 2 is 1.96 bits per heavy atom. The van der Waals surface area contributed by atoms with Crippen LogP contribution in [-0.2, 0) is 17.8 Å². The van der Waals surface area contributed by atoms with Gasteiger partial charge >= 0.3 is 0 Å². The highest BCUT2D eigenvalue weighted by Gasteiger charge is 2.13. The molecule has 1 aromatic carbocycles. The van der Waals surface area contributed by atoms with Crippen molar-refractivity contribution < 1.29 is 9.90 Å². The summed E-state index contributed by atoms with van der Waals surface area (Å²) in [5.74, 6) is 0.0483. The van der Waals surface area contributed by atoms with Gasteiger partial charge in [0.15, 0.2) is 0 Å². The molecule has 3 rings (SSSR count). The van der Waals surface area contributed by atoms with Crippen molar-refractivity contribution in [1.29, 1.82) is 0 Å². The molecule has 5 heteroatoms. The maximum atomic E-state index is 12.0. The quantitative estimate of drug-likeness (QED) is 0.668. The molecular formula is C19H19NO2S2. The summed E-state index contributed by atoms with van der Waals surface area (Å²) in [5, 5.41) is 17.2. The van der Waals surface area contributed by atoms with Crippen LogP contribution in [0.2, 0.25) is 0 Å². The Balaban J connectivity index is 1.47. The lowest BCUT2D eigenvalue weighted by atomic mass is 10.1. The Labute approximate surface area is 149 Å². The van der Waals surface area contributed by atoms with Crippen LogP contribution < -0.4 is 5.32 Å². The number of rotatable bonds is 7. The van der Waals surface area contributed by atoms with Crippen molar-refractivity contribution in [3.05, 3.63) is 80.2 Å². The van der Waals surface area contributed by atoms with E-state index >= 15 is 0 Å². The number of nitrogens with one attached hydrogen (secondary N) is 1. The summed E-state index contributed by atoms with van der Waals surface area (Å²) in [7, 11) is 0. The van der Waals surface area contributed by atoms with Crippen molar-refractivity contribution in [2.24, 2.45) is 0 Å². The lowest BCUT2D eigenvalue weighted by Gasteiger charge is -2.06. The number of benzene rings is 1. The average molecular weight is 358 g/mol. The van der Waals surface area contributed by atoms with E-state index in [0.717, 1.165) is 21.7 Å². The minimum absolute atomic E-state index is 0.0483. The number of thiophene rings is 2. The molecule has 0 aliphatic rings. The minimum atomic E-state index is -0.580. The Morgan fingerprint density at radius 3 is 2.71 bits per heavy atom. The SMILES string of the molecule is O=C(CCc1ccccc1)NCc1ccc(C(O)c2ccsc2)s1. The second kappa shape index (κ2) is 8.24. The first-order valence-electron chi connectivity index (χ1n) is 7.82. The maximum absolute atomic E-state index is 12.0. The largest absolute Gasteiger partial charge is 0.383 e. The smallest absolute Gasteiger partial charge is 0.220 e. The van der Waals surface area contributed by atoms with E-state index in [2.05, 4.69) is 5.32 Å². The van der Waals surface area contributed by atoms with E-state index in [4.69, 9.17) is 0 Å². The average Bonchev–Trinajstić information content (AvgIpc) is 3.30. The third-order valence-electron chi connectivity index (χ3n) is 3.75. The highest BCUT2D eigenvalue weighted by molar-refractivity contribution is 7.12. The van der Waals surface area contributed by atoms with Gasteiger partial charge in [-0.05, 0) is 46.5 Å². The van der Waals surface area contributed by atoms with Crippen molar-refractivity contribution in [3.8, 4) is 0 Å². The molecule has 2 heterocycles. The summed E-state index contributed by atoms with van der Waals surface area (Å²) in [4.78, 5) is 13.9. The zero-order chi connectivity index (χ0) is 16.8. The van der Waals surface area contributed by atoms with E-state index in [0.29, 0.717) is 13.0 Å². The van der Waals surface area contributed by atoms with Gasteiger partial charge in [0, 0.05) is 16.2 Å². The molecule has 0 spiro atoms. The molecule has 24 heavy (non-hydrogen) atoms. The fourth-order valence-electron chi connectivity index (χ4n) is 2.41. The van der Waals surface area contributed by atoms with E-state index in [9.17, 15) is 9.90 Å². The molecule has 0 aliphatic carbocycles. The van der Waals surface area contributed by atoms with Gasteiger partial charge in [-0.3, -0.25) is 4.79 Å². The van der Waals surface area contributed by atoms with E-state index < -0.39 is 6.10 Å². The van der Waals surface area contributed by atoms with Crippen LogP contribution in [0.25, 0.3) is 0 Å². The lowest BCUT2D eigenvalue weighted by molar-refractivity contribution is -0.121. The topological polar surface area (TPSA) is 49.3 Å². The molecule has 1 unspecified atom stereocenters. The highest BCUT2D eigenvalue weighted by Crippen LogP contribution is 2.29. The zero-order valence-electron chi connectivity index (χ0n) is 13.1. The van der Waals surface area contributed by atoms with Gasteiger partial charge in [-0.1, -0.05) is 30.3 Å². The Kier molecular flexibility index (Phi) is 5.80. The fourth-order valence-corrected chi connectivity index (χ4v) is 4.05. The maximum Gasteiger partial charge on any atom is 0.220 e. The Morgan fingerprint density at radius 1 is 1.12 bits per heavy atom. The van der Waals surface area contributed by atoms with E-state index in [1.165, 1.54) is 16.9 Å². The summed E-state index contributed by atoms with van der Waals surface area (Å²) in [6.07, 6.45) is 0.655. The molecule has 0 saturated carbocycles. The standard InChI is InChI=1S/C19H19NO2S2/c21-18(9-6-14-4-2-1-3-5-14)20-12-16-7-8-17(24-16)19(22)15-10-11-23-13-15/h1-5,7-8,10-11,13,19,22H,6,9,12H2,(H,20,21). The van der Waals surface area contributed by atoms with Crippen LogP contribution in [0.3, 0.4) is 0 Å².